The van der Waals surface area contributed by atoms with Crippen LogP contribution in [0.15, 0.2) is 18.2 Å². The molecule has 0 amide bonds. The lowest BCUT2D eigenvalue weighted by molar-refractivity contribution is 0.182. The molecule has 0 aromatic heterocycles. The average molecular weight is 274 g/mol. The second kappa shape index (κ2) is 8.46. The van der Waals surface area contributed by atoms with Gasteiger partial charge in [-0.15, -0.1) is 0 Å². The first-order valence-corrected chi connectivity index (χ1v) is 6.72. The van der Waals surface area contributed by atoms with E-state index >= 15 is 0 Å². The first-order chi connectivity index (χ1) is 8.69. The van der Waals surface area contributed by atoms with Crippen LogP contribution < -0.4 is 5.32 Å². The number of halogens is 2. The Balaban J connectivity index is 2.68. The van der Waals surface area contributed by atoms with Gasteiger partial charge >= 0.3 is 0 Å². The van der Waals surface area contributed by atoms with Crippen molar-refractivity contribution in [3.63, 3.8) is 0 Å². The molecule has 0 aliphatic rings. The van der Waals surface area contributed by atoms with Gasteiger partial charge in [0.1, 0.15) is 5.82 Å². The lowest BCUT2D eigenvalue weighted by Gasteiger charge is -2.19. The van der Waals surface area contributed by atoms with Gasteiger partial charge in [-0.3, -0.25) is 0 Å². The van der Waals surface area contributed by atoms with Gasteiger partial charge in [-0.2, -0.15) is 0 Å². The molecular formula is C14H21ClFNO. The van der Waals surface area contributed by atoms with Crippen LogP contribution in [0, 0.1) is 5.82 Å². The van der Waals surface area contributed by atoms with E-state index < -0.39 is 0 Å². The molecule has 0 radical (unpaired) electrons. The molecule has 2 nitrogen and oxygen atoms in total. The Hall–Kier alpha value is -0.640. The van der Waals surface area contributed by atoms with Crippen LogP contribution in [-0.2, 0) is 11.2 Å². The predicted octanol–water partition coefficient (Wildman–Crippen LogP) is 3.43. The normalized spacial score (nSPS) is 12.7. The number of rotatable bonds is 8. The summed E-state index contributed by atoms with van der Waals surface area (Å²) in [5.74, 6) is -0.233. The summed E-state index contributed by atoms with van der Waals surface area (Å²) in [7, 11) is 1.67. The van der Waals surface area contributed by atoms with E-state index in [9.17, 15) is 4.39 Å². The number of hydrogen-bond acceptors (Lipinski definition) is 2. The first-order valence-electron chi connectivity index (χ1n) is 6.34. The predicted molar refractivity (Wildman–Crippen MR) is 73.7 cm³/mol. The molecule has 18 heavy (non-hydrogen) atoms. The van der Waals surface area contributed by atoms with Crippen LogP contribution >= 0.6 is 11.6 Å². The molecule has 0 aliphatic heterocycles. The topological polar surface area (TPSA) is 21.3 Å². The van der Waals surface area contributed by atoms with E-state index in [0.29, 0.717) is 23.6 Å². The summed E-state index contributed by atoms with van der Waals surface area (Å²) in [6.45, 7) is 3.68. The molecule has 0 saturated heterocycles. The van der Waals surface area contributed by atoms with Crippen molar-refractivity contribution < 1.29 is 9.13 Å². The Morgan fingerprint density at radius 1 is 1.44 bits per heavy atom. The molecule has 0 aliphatic carbocycles. The second-order valence-corrected chi connectivity index (χ2v) is 4.74. The highest BCUT2D eigenvalue weighted by Crippen LogP contribution is 2.21. The van der Waals surface area contributed by atoms with Crippen LogP contribution in [0.3, 0.4) is 0 Å². The molecule has 0 heterocycles. The van der Waals surface area contributed by atoms with Gasteiger partial charge in [0.15, 0.2) is 0 Å². The first kappa shape index (κ1) is 15.4. The standard InChI is InChI=1S/C14H21ClFNO/c1-3-8-17-11(7-9-18-2)10-12-13(15)5-4-6-14(12)16/h4-6,11,17H,3,7-10H2,1-2H3. The van der Waals surface area contributed by atoms with E-state index in [1.165, 1.54) is 6.07 Å². The maximum absolute atomic E-state index is 13.7. The number of ether oxygens (including phenoxy) is 1. The van der Waals surface area contributed by atoms with Crippen LogP contribution in [0.5, 0.6) is 0 Å². The Morgan fingerprint density at radius 3 is 2.83 bits per heavy atom. The fraction of sp³-hybridized carbons (Fsp3) is 0.571. The van der Waals surface area contributed by atoms with Crippen LogP contribution in [-0.4, -0.2) is 26.3 Å². The third-order valence-corrected chi connectivity index (χ3v) is 3.22. The van der Waals surface area contributed by atoms with Crippen molar-refractivity contribution in [1.29, 1.82) is 0 Å². The molecule has 1 aromatic rings. The van der Waals surface area contributed by atoms with Gasteiger partial charge in [0, 0.05) is 30.3 Å². The van der Waals surface area contributed by atoms with Crippen molar-refractivity contribution in [1.82, 2.24) is 5.32 Å². The van der Waals surface area contributed by atoms with Gasteiger partial charge in [-0.1, -0.05) is 24.6 Å². The minimum absolute atomic E-state index is 0.194. The molecular weight excluding hydrogens is 253 g/mol. The zero-order valence-electron chi connectivity index (χ0n) is 11.0. The maximum atomic E-state index is 13.7. The van der Waals surface area contributed by atoms with Crippen LogP contribution in [0.25, 0.3) is 0 Å². The van der Waals surface area contributed by atoms with Crippen molar-refractivity contribution in [2.75, 3.05) is 20.3 Å². The van der Waals surface area contributed by atoms with E-state index in [4.69, 9.17) is 16.3 Å². The summed E-state index contributed by atoms with van der Waals surface area (Å²) in [5, 5.41) is 3.90. The smallest absolute Gasteiger partial charge is 0.127 e. The lowest BCUT2D eigenvalue weighted by atomic mass is 10.0. The third kappa shape index (κ3) is 4.92. The number of hydrogen-bond donors (Lipinski definition) is 1. The van der Waals surface area contributed by atoms with E-state index in [1.807, 2.05) is 0 Å². The van der Waals surface area contributed by atoms with Crippen LogP contribution in [0.1, 0.15) is 25.3 Å². The molecule has 0 spiro atoms. The Kier molecular flexibility index (Phi) is 7.25. The van der Waals surface area contributed by atoms with Crippen molar-refractivity contribution >= 4 is 11.6 Å². The molecule has 102 valence electrons. The Bertz CT molecular complexity index is 331. The van der Waals surface area contributed by atoms with Crippen LogP contribution in [0.4, 0.5) is 4.39 Å². The molecule has 0 fully saturated rings. The minimum atomic E-state index is -0.233. The second-order valence-electron chi connectivity index (χ2n) is 4.34. The van der Waals surface area contributed by atoms with E-state index in [0.717, 1.165) is 19.4 Å². The van der Waals surface area contributed by atoms with Crippen molar-refractivity contribution in [2.24, 2.45) is 0 Å². The lowest BCUT2D eigenvalue weighted by Crippen LogP contribution is -2.33. The summed E-state index contributed by atoms with van der Waals surface area (Å²) in [4.78, 5) is 0. The highest BCUT2D eigenvalue weighted by Gasteiger charge is 2.14. The average Bonchev–Trinajstić information content (AvgIpc) is 2.36. The maximum Gasteiger partial charge on any atom is 0.127 e. The monoisotopic (exact) mass is 273 g/mol. The Labute approximate surface area is 113 Å². The molecule has 1 atom stereocenters. The summed E-state index contributed by atoms with van der Waals surface area (Å²) in [6, 6.07) is 5.01. The zero-order chi connectivity index (χ0) is 13.4. The Morgan fingerprint density at radius 2 is 2.22 bits per heavy atom. The molecule has 1 N–H and O–H groups in total. The SMILES string of the molecule is CCCNC(CCOC)Cc1c(F)cccc1Cl. The highest BCUT2D eigenvalue weighted by atomic mass is 35.5. The van der Waals surface area contributed by atoms with E-state index in [-0.39, 0.29) is 11.9 Å². The molecule has 0 bridgehead atoms. The van der Waals surface area contributed by atoms with Gasteiger partial charge in [0.2, 0.25) is 0 Å². The van der Waals surface area contributed by atoms with Crippen molar-refractivity contribution in [3.8, 4) is 0 Å². The van der Waals surface area contributed by atoms with Gasteiger partial charge in [-0.25, -0.2) is 4.39 Å². The number of methoxy groups -OCH3 is 1. The summed E-state index contributed by atoms with van der Waals surface area (Å²) < 4.78 is 18.8. The summed E-state index contributed by atoms with van der Waals surface area (Å²) >= 11 is 6.04. The summed E-state index contributed by atoms with van der Waals surface area (Å²) in [6.07, 6.45) is 2.49. The highest BCUT2D eigenvalue weighted by molar-refractivity contribution is 6.31. The van der Waals surface area contributed by atoms with Gasteiger partial charge in [0.05, 0.1) is 0 Å². The largest absolute Gasteiger partial charge is 0.385 e. The minimum Gasteiger partial charge on any atom is -0.385 e. The third-order valence-electron chi connectivity index (χ3n) is 2.87. The van der Waals surface area contributed by atoms with E-state index in [1.54, 1.807) is 19.2 Å². The van der Waals surface area contributed by atoms with E-state index in [2.05, 4.69) is 12.2 Å². The van der Waals surface area contributed by atoms with Crippen molar-refractivity contribution in [3.05, 3.63) is 34.6 Å². The fourth-order valence-electron chi connectivity index (χ4n) is 1.86. The molecule has 4 heteroatoms. The van der Waals surface area contributed by atoms with Crippen LogP contribution in [0.2, 0.25) is 5.02 Å². The molecule has 1 aromatic carbocycles. The molecule has 0 saturated carbocycles. The molecule has 1 rings (SSSR count). The zero-order valence-corrected chi connectivity index (χ0v) is 11.8. The quantitative estimate of drug-likeness (QED) is 0.784. The number of nitrogens with one attached hydrogen (secondary N) is 1. The van der Waals surface area contributed by atoms with Gasteiger partial charge < -0.3 is 10.1 Å². The van der Waals surface area contributed by atoms with Crippen molar-refractivity contribution in [2.45, 2.75) is 32.2 Å². The summed E-state index contributed by atoms with van der Waals surface area (Å²) in [5.41, 5.74) is 0.587. The van der Waals surface area contributed by atoms with Gasteiger partial charge in [-0.05, 0) is 37.9 Å². The fourth-order valence-corrected chi connectivity index (χ4v) is 2.10. The number of benzene rings is 1. The molecule has 1 unspecified atom stereocenters. The van der Waals surface area contributed by atoms with Gasteiger partial charge in [0.25, 0.3) is 0 Å².